The molecule has 0 aliphatic heterocycles. The second-order valence-electron chi connectivity index (χ2n) is 8.22. The van der Waals surface area contributed by atoms with E-state index in [0.29, 0.717) is 12.0 Å². The molecule has 0 unspecified atom stereocenters. The highest BCUT2D eigenvalue weighted by Gasteiger charge is 2.34. The van der Waals surface area contributed by atoms with E-state index in [4.69, 9.17) is 5.73 Å². The molecule has 1 atom stereocenters. The molecule has 3 rings (SSSR count). The van der Waals surface area contributed by atoms with Crippen LogP contribution in [0, 0.1) is 11.8 Å². The van der Waals surface area contributed by atoms with Crippen LogP contribution in [-0.2, 0) is 11.2 Å². The first-order valence-electron chi connectivity index (χ1n) is 10.2. The van der Waals surface area contributed by atoms with Gasteiger partial charge in [-0.3, -0.25) is 4.79 Å². The fraction of sp³-hybridized carbons (Fsp3) is 0.682. The Morgan fingerprint density at radius 2 is 1.80 bits per heavy atom. The maximum Gasteiger partial charge on any atom is 0.239 e. The highest BCUT2D eigenvalue weighted by atomic mass is 16.2. The Hall–Kier alpha value is -1.35. The number of nitrogens with zero attached hydrogens (tertiary/aromatic N) is 1. The number of hydrogen-bond donors (Lipinski definition) is 1. The fourth-order valence-corrected chi connectivity index (χ4v) is 4.47. The van der Waals surface area contributed by atoms with E-state index in [2.05, 4.69) is 30.3 Å². The molecule has 25 heavy (non-hydrogen) atoms. The summed E-state index contributed by atoms with van der Waals surface area (Å²) < 4.78 is 0. The number of amides is 1. The molecule has 1 aromatic rings. The van der Waals surface area contributed by atoms with Crippen LogP contribution < -0.4 is 5.73 Å². The number of likely N-dealkylation sites (N-methyl/N-ethyl adjacent to an activating group) is 1. The first-order valence-corrected chi connectivity index (χ1v) is 10.2. The fourth-order valence-electron chi connectivity index (χ4n) is 4.47. The maximum absolute atomic E-state index is 12.6. The van der Waals surface area contributed by atoms with Crippen molar-refractivity contribution in [2.75, 3.05) is 7.05 Å². The lowest BCUT2D eigenvalue weighted by Crippen LogP contribution is -2.52. The zero-order valence-corrected chi connectivity index (χ0v) is 15.7. The van der Waals surface area contributed by atoms with Crippen LogP contribution in [-0.4, -0.2) is 29.9 Å². The van der Waals surface area contributed by atoms with E-state index in [9.17, 15) is 4.79 Å². The van der Waals surface area contributed by atoms with Crippen LogP contribution in [0.1, 0.15) is 63.4 Å². The molecule has 0 spiro atoms. The monoisotopic (exact) mass is 342 g/mol. The van der Waals surface area contributed by atoms with Crippen molar-refractivity contribution in [1.29, 1.82) is 0 Å². The highest BCUT2D eigenvalue weighted by Crippen LogP contribution is 2.34. The number of carbonyl (C=O) groups is 1. The van der Waals surface area contributed by atoms with Gasteiger partial charge in [0.15, 0.2) is 0 Å². The van der Waals surface area contributed by atoms with Gasteiger partial charge in [-0.15, -0.1) is 0 Å². The number of nitrogens with two attached hydrogens (primary N) is 1. The first kappa shape index (κ1) is 18.4. The minimum absolute atomic E-state index is 0.178. The Morgan fingerprint density at radius 3 is 2.40 bits per heavy atom. The minimum atomic E-state index is -0.282. The third kappa shape index (κ3) is 4.84. The molecule has 2 N–H and O–H groups in total. The van der Waals surface area contributed by atoms with Gasteiger partial charge in [-0.05, 0) is 62.3 Å². The molecule has 2 fully saturated rings. The summed E-state index contributed by atoms with van der Waals surface area (Å²) in [6, 6.07) is 10.9. The molecule has 1 aromatic carbocycles. The maximum atomic E-state index is 12.6. The highest BCUT2D eigenvalue weighted by molar-refractivity contribution is 5.82. The quantitative estimate of drug-likeness (QED) is 0.809. The van der Waals surface area contributed by atoms with E-state index in [1.54, 1.807) is 0 Å². The van der Waals surface area contributed by atoms with Gasteiger partial charge in [0.1, 0.15) is 0 Å². The van der Waals surface area contributed by atoms with Gasteiger partial charge in [0.25, 0.3) is 0 Å². The van der Waals surface area contributed by atoms with Gasteiger partial charge in [-0.1, -0.05) is 49.6 Å². The Bertz CT molecular complexity index is 532. The van der Waals surface area contributed by atoms with Gasteiger partial charge in [0, 0.05) is 13.1 Å². The largest absolute Gasteiger partial charge is 0.341 e. The van der Waals surface area contributed by atoms with Crippen LogP contribution in [0.15, 0.2) is 30.3 Å². The van der Waals surface area contributed by atoms with Crippen molar-refractivity contribution in [3.8, 4) is 0 Å². The molecule has 1 amide bonds. The lowest BCUT2D eigenvalue weighted by Gasteiger charge is -2.38. The Balaban J connectivity index is 1.37. The second-order valence-corrected chi connectivity index (χ2v) is 8.22. The summed E-state index contributed by atoms with van der Waals surface area (Å²) in [5, 5.41) is 0. The van der Waals surface area contributed by atoms with Gasteiger partial charge < -0.3 is 10.6 Å². The average Bonchev–Trinajstić information content (AvgIpc) is 2.60. The zero-order chi connectivity index (χ0) is 17.6. The smallest absolute Gasteiger partial charge is 0.239 e. The normalized spacial score (nSPS) is 25.2. The van der Waals surface area contributed by atoms with Crippen LogP contribution in [0.5, 0.6) is 0 Å². The SMILES string of the molecule is CN(C(=O)[C@@H](N)C1CCC(CCCc2ccccc2)CC1)C1CCC1. The molecule has 0 aromatic heterocycles. The molecule has 2 saturated carbocycles. The summed E-state index contributed by atoms with van der Waals surface area (Å²) in [6.07, 6.45) is 12.1. The summed E-state index contributed by atoms with van der Waals surface area (Å²) in [4.78, 5) is 14.5. The summed E-state index contributed by atoms with van der Waals surface area (Å²) in [5.74, 6) is 1.39. The van der Waals surface area contributed by atoms with Gasteiger partial charge in [-0.25, -0.2) is 0 Å². The summed E-state index contributed by atoms with van der Waals surface area (Å²) in [5.41, 5.74) is 7.79. The van der Waals surface area contributed by atoms with E-state index >= 15 is 0 Å². The summed E-state index contributed by atoms with van der Waals surface area (Å²) >= 11 is 0. The molecule has 0 bridgehead atoms. The second kappa shape index (κ2) is 8.84. The molecule has 0 heterocycles. The van der Waals surface area contributed by atoms with E-state index in [0.717, 1.165) is 31.6 Å². The van der Waals surface area contributed by atoms with E-state index in [1.807, 2.05) is 11.9 Å². The molecule has 0 radical (unpaired) electrons. The first-order chi connectivity index (χ1) is 12.1. The van der Waals surface area contributed by atoms with Crippen molar-refractivity contribution in [2.45, 2.75) is 76.3 Å². The molecule has 0 saturated heterocycles. The molecular weight excluding hydrogens is 308 g/mol. The van der Waals surface area contributed by atoms with Crippen molar-refractivity contribution < 1.29 is 4.79 Å². The summed E-state index contributed by atoms with van der Waals surface area (Å²) in [7, 11) is 1.95. The van der Waals surface area contributed by atoms with Gasteiger partial charge in [0.2, 0.25) is 5.91 Å². The van der Waals surface area contributed by atoms with Crippen molar-refractivity contribution in [1.82, 2.24) is 4.90 Å². The van der Waals surface area contributed by atoms with E-state index in [1.165, 1.54) is 44.1 Å². The number of carbonyl (C=O) groups excluding carboxylic acids is 1. The van der Waals surface area contributed by atoms with E-state index in [-0.39, 0.29) is 11.9 Å². The third-order valence-corrected chi connectivity index (χ3v) is 6.58. The minimum Gasteiger partial charge on any atom is -0.341 e. The molecule has 3 heteroatoms. The summed E-state index contributed by atoms with van der Waals surface area (Å²) in [6.45, 7) is 0. The van der Waals surface area contributed by atoms with E-state index < -0.39 is 0 Å². The van der Waals surface area contributed by atoms with Gasteiger partial charge >= 0.3 is 0 Å². The van der Waals surface area contributed by atoms with Crippen LogP contribution in [0.3, 0.4) is 0 Å². The molecule has 2 aliphatic carbocycles. The zero-order valence-electron chi connectivity index (χ0n) is 15.7. The standard InChI is InChI=1S/C22H34N2O/c1-24(20-11-6-12-20)22(25)21(23)19-15-13-18(14-16-19)10-5-9-17-7-3-2-4-8-17/h2-4,7-8,18-21H,5-6,9-16,23H2,1H3/t18?,19?,21-/m0/s1. The molecule has 2 aliphatic rings. The Labute approximate surface area is 153 Å². The van der Waals surface area contributed by atoms with Crippen molar-refractivity contribution in [3.63, 3.8) is 0 Å². The number of aryl methyl sites for hydroxylation is 1. The molecular formula is C22H34N2O. The average molecular weight is 343 g/mol. The number of hydrogen-bond acceptors (Lipinski definition) is 2. The van der Waals surface area contributed by atoms with Crippen molar-refractivity contribution in [2.24, 2.45) is 17.6 Å². The predicted octanol–water partition coefficient (Wildman–Crippen LogP) is 4.15. The third-order valence-electron chi connectivity index (χ3n) is 6.58. The van der Waals surface area contributed by atoms with Crippen LogP contribution in [0.4, 0.5) is 0 Å². The van der Waals surface area contributed by atoms with Crippen molar-refractivity contribution in [3.05, 3.63) is 35.9 Å². The Kier molecular flexibility index (Phi) is 6.52. The lowest BCUT2D eigenvalue weighted by atomic mass is 9.76. The van der Waals surface area contributed by atoms with Crippen molar-refractivity contribution >= 4 is 5.91 Å². The van der Waals surface area contributed by atoms with Gasteiger partial charge in [0.05, 0.1) is 6.04 Å². The Morgan fingerprint density at radius 1 is 1.12 bits per heavy atom. The van der Waals surface area contributed by atoms with Crippen LogP contribution in [0.2, 0.25) is 0 Å². The predicted molar refractivity (Wildman–Crippen MR) is 103 cm³/mol. The molecule has 3 nitrogen and oxygen atoms in total. The molecule has 138 valence electrons. The number of benzene rings is 1. The number of rotatable bonds is 7. The topological polar surface area (TPSA) is 46.3 Å². The lowest BCUT2D eigenvalue weighted by molar-refractivity contribution is -0.136. The van der Waals surface area contributed by atoms with Gasteiger partial charge in [-0.2, -0.15) is 0 Å². The van der Waals surface area contributed by atoms with Crippen LogP contribution in [0.25, 0.3) is 0 Å². The van der Waals surface area contributed by atoms with Crippen LogP contribution >= 0.6 is 0 Å².